The van der Waals surface area contributed by atoms with Gasteiger partial charge in [-0.2, -0.15) is 0 Å². The van der Waals surface area contributed by atoms with E-state index in [4.69, 9.17) is 18.9 Å². The molecule has 1 heterocycles. The van der Waals surface area contributed by atoms with Crippen molar-refractivity contribution in [3.05, 3.63) is 58.3 Å². The molecule has 0 fully saturated rings. The third-order valence-corrected chi connectivity index (χ3v) is 7.03. The molecule has 37 heavy (non-hydrogen) atoms. The number of hydrogen-bond acceptors (Lipinski definition) is 8. The minimum absolute atomic E-state index is 0.0581. The topological polar surface area (TPSA) is 88.1 Å². The van der Waals surface area contributed by atoms with Crippen LogP contribution in [0.15, 0.2) is 47.3 Å². The van der Waals surface area contributed by atoms with Crippen LogP contribution >= 0.6 is 11.3 Å². The van der Waals surface area contributed by atoms with Gasteiger partial charge < -0.3 is 18.9 Å². The summed E-state index contributed by atoms with van der Waals surface area (Å²) >= 11 is 1.53. The first-order valence-electron chi connectivity index (χ1n) is 13.0. The Labute approximate surface area is 221 Å². The molecule has 3 rings (SSSR count). The quantitative estimate of drug-likeness (QED) is 0.108. The Bertz CT molecular complexity index is 1190. The van der Waals surface area contributed by atoms with E-state index in [1.54, 1.807) is 6.07 Å². The van der Waals surface area contributed by atoms with Gasteiger partial charge in [0, 0.05) is 33.4 Å². The maximum absolute atomic E-state index is 13.1. The van der Waals surface area contributed by atoms with E-state index in [1.807, 2.05) is 36.4 Å². The Hall–Kier alpha value is -2.81. The molecular formula is C29H36O7S. The fourth-order valence-corrected chi connectivity index (χ4v) is 4.83. The first kappa shape index (κ1) is 28.8. The van der Waals surface area contributed by atoms with Crippen LogP contribution in [0.3, 0.4) is 0 Å². The third kappa shape index (κ3) is 8.62. The van der Waals surface area contributed by atoms with E-state index >= 15 is 0 Å². The molecule has 3 aromatic rings. The zero-order valence-electron chi connectivity index (χ0n) is 21.7. The summed E-state index contributed by atoms with van der Waals surface area (Å²) in [4.78, 5) is 38.9. The van der Waals surface area contributed by atoms with E-state index in [2.05, 4.69) is 13.8 Å². The van der Waals surface area contributed by atoms with Crippen LogP contribution in [0.2, 0.25) is 0 Å². The van der Waals surface area contributed by atoms with Crippen molar-refractivity contribution in [2.45, 2.75) is 46.0 Å². The summed E-state index contributed by atoms with van der Waals surface area (Å²) in [6.45, 7) is 5.99. The molecule has 0 amide bonds. The van der Waals surface area contributed by atoms with Crippen molar-refractivity contribution in [2.75, 3.05) is 39.6 Å². The van der Waals surface area contributed by atoms with Gasteiger partial charge in [0.05, 0.1) is 13.2 Å². The van der Waals surface area contributed by atoms with Crippen LogP contribution in [-0.4, -0.2) is 51.6 Å². The SMILES string of the molecule is CCCCOCCOC(=O)C(Cc1ccc2sc3ccccc3c(=O)c2c1)C(=O)OCCOCCCC. The lowest BCUT2D eigenvalue weighted by molar-refractivity contribution is -0.163. The molecule has 0 saturated carbocycles. The summed E-state index contributed by atoms with van der Waals surface area (Å²) in [5.74, 6) is -2.48. The van der Waals surface area contributed by atoms with Gasteiger partial charge >= 0.3 is 11.9 Å². The molecule has 2 aromatic carbocycles. The van der Waals surface area contributed by atoms with Crippen molar-refractivity contribution in [2.24, 2.45) is 5.92 Å². The molecule has 0 aliphatic heterocycles. The Morgan fingerprint density at radius 2 is 1.35 bits per heavy atom. The third-order valence-electron chi connectivity index (χ3n) is 5.88. The second kappa shape index (κ2) is 15.4. The summed E-state index contributed by atoms with van der Waals surface area (Å²) in [6, 6.07) is 12.9. The van der Waals surface area contributed by atoms with Crippen LogP contribution in [0.1, 0.15) is 45.1 Å². The fraction of sp³-hybridized carbons (Fsp3) is 0.483. The lowest BCUT2D eigenvalue weighted by Gasteiger charge is -2.16. The molecule has 0 atom stereocenters. The van der Waals surface area contributed by atoms with Gasteiger partial charge in [-0.1, -0.05) is 44.9 Å². The Kier molecular flexibility index (Phi) is 12.0. The summed E-state index contributed by atoms with van der Waals surface area (Å²) in [5, 5.41) is 1.22. The number of carbonyl (C=O) groups is 2. The number of benzene rings is 2. The lowest BCUT2D eigenvalue weighted by Crippen LogP contribution is -2.31. The van der Waals surface area contributed by atoms with E-state index in [9.17, 15) is 14.4 Å². The Balaban J connectivity index is 1.72. The van der Waals surface area contributed by atoms with Crippen LogP contribution in [0.25, 0.3) is 20.2 Å². The average molecular weight is 529 g/mol. The highest BCUT2D eigenvalue weighted by Gasteiger charge is 2.30. The Morgan fingerprint density at radius 3 is 1.97 bits per heavy atom. The highest BCUT2D eigenvalue weighted by Crippen LogP contribution is 2.26. The molecule has 0 saturated heterocycles. The van der Waals surface area contributed by atoms with Crippen LogP contribution in [0, 0.1) is 5.92 Å². The Morgan fingerprint density at radius 1 is 0.757 bits per heavy atom. The van der Waals surface area contributed by atoms with Gasteiger partial charge in [-0.25, -0.2) is 0 Å². The molecule has 1 aromatic heterocycles. The number of hydrogen-bond donors (Lipinski definition) is 0. The predicted octanol–water partition coefficient (Wildman–Crippen LogP) is 5.29. The number of carbonyl (C=O) groups excluding carboxylic acids is 2. The van der Waals surface area contributed by atoms with Gasteiger partial charge in [0.2, 0.25) is 0 Å². The van der Waals surface area contributed by atoms with Crippen LogP contribution in [0.4, 0.5) is 0 Å². The smallest absolute Gasteiger partial charge is 0.320 e. The molecular weight excluding hydrogens is 492 g/mol. The molecule has 0 N–H and O–H groups in total. The predicted molar refractivity (Wildman–Crippen MR) is 146 cm³/mol. The maximum Gasteiger partial charge on any atom is 0.320 e. The highest BCUT2D eigenvalue weighted by molar-refractivity contribution is 7.24. The number of rotatable bonds is 16. The number of esters is 2. The molecule has 8 heteroatoms. The van der Waals surface area contributed by atoms with Crippen LogP contribution < -0.4 is 5.43 Å². The maximum atomic E-state index is 13.1. The van der Waals surface area contributed by atoms with Gasteiger partial charge in [-0.3, -0.25) is 14.4 Å². The minimum atomic E-state index is -1.15. The molecule has 7 nitrogen and oxygen atoms in total. The van der Waals surface area contributed by atoms with Crippen molar-refractivity contribution >= 4 is 43.4 Å². The zero-order valence-corrected chi connectivity index (χ0v) is 22.5. The van der Waals surface area contributed by atoms with Crippen molar-refractivity contribution < 1.29 is 28.5 Å². The van der Waals surface area contributed by atoms with E-state index in [1.165, 1.54) is 11.3 Å². The molecule has 0 bridgehead atoms. The van der Waals surface area contributed by atoms with Gasteiger partial charge in [0.15, 0.2) is 11.3 Å². The molecule has 0 radical (unpaired) electrons. The number of fused-ring (bicyclic) bond motifs is 2. The second-order valence-corrected chi connectivity index (χ2v) is 9.87. The monoisotopic (exact) mass is 528 g/mol. The fourth-order valence-electron chi connectivity index (χ4n) is 3.78. The first-order valence-corrected chi connectivity index (χ1v) is 13.8. The molecule has 0 aliphatic carbocycles. The van der Waals surface area contributed by atoms with Crippen molar-refractivity contribution in [3.8, 4) is 0 Å². The summed E-state index contributed by atoms with van der Waals surface area (Å²) in [6.07, 6.45) is 3.97. The first-order chi connectivity index (χ1) is 18.0. The van der Waals surface area contributed by atoms with E-state index in [0.29, 0.717) is 29.5 Å². The highest BCUT2D eigenvalue weighted by atomic mass is 32.1. The number of ether oxygens (including phenoxy) is 4. The van der Waals surface area contributed by atoms with Gasteiger partial charge in [0.1, 0.15) is 13.2 Å². The molecule has 0 aliphatic rings. The second-order valence-electron chi connectivity index (χ2n) is 8.78. The van der Waals surface area contributed by atoms with Crippen LogP contribution in [-0.2, 0) is 35.0 Å². The van der Waals surface area contributed by atoms with E-state index in [-0.39, 0.29) is 38.3 Å². The molecule has 0 unspecified atom stereocenters. The van der Waals surface area contributed by atoms with Crippen LogP contribution in [0.5, 0.6) is 0 Å². The van der Waals surface area contributed by atoms with Gasteiger partial charge in [0.25, 0.3) is 0 Å². The van der Waals surface area contributed by atoms with Gasteiger partial charge in [-0.05, 0) is 49.1 Å². The molecule has 0 spiro atoms. The lowest BCUT2D eigenvalue weighted by atomic mass is 9.98. The zero-order chi connectivity index (χ0) is 26.5. The normalized spacial score (nSPS) is 11.3. The minimum Gasteiger partial charge on any atom is -0.463 e. The summed E-state index contributed by atoms with van der Waals surface area (Å²) in [7, 11) is 0. The largest absolute Gasteiger partial charge is 0.463 e. The van der Waals surface area contributed by atoms with Crippen molar-refractivity contribution in [3.63, 3.8) is 0 Å². The number of unbranched alkanes of at least 4 members (excludes halogenated alkanes) is 2. The van der Waals surface area contributed by atoms with E-state index in [0.717, 1.165) is 35.1 Å². The summed E-state index contributed by atoms with van der Waals surface area (Å²) in [5.41, 5.74) is 0.616. The average Bonchev–Trinajstić information content (AvgIpc) is 2.91. The van der Waals surface area contributed by atoms with Crippen molar-refractivity contribution in [1.82, 2.24) is 0 Å². The van der Waals surface area contributed by atoms with E-state index < -0.39 is 17.9 Å². The summed E-state index contributed by atoms with van der Waals surface area (Å²) < 4.78 is 23.4. The van der Waals surface area contributed by atoms with Gasteiger partial charge in [-0.15, -0.1) is 11.3 Å². The molecule has 200 valence electrons. The van der Waals surface area contributed by atoms with Crippen molar-refractivity contribution in [1.29, 1.82) is 0 Å². The standard InChI is InChI=1S/C29H36O7S/c1-3-5-13-33-15-17-35-28(31)24(29(32)36-18-16-34-14-6-4-2)20-21-11-12-26-23(19-21)27(30)22-9-7-8-10-25(22)37-26/h7-12,19,24H,3-6,13-18,20H2,1-2H3.